The average Bonchev–Trinajstić information content (AvgIpc) is 3.96. The van der Waals surface area contributed by atoms with Gasteiger partial charge in [0.05, 0.1) is 24.0 Å². The highest BCUT2D eigenvalue weighted by atomic mass is 32.2. The first-order valence-corrected chi connectivity index (χ1v) is 18.8. The molecule has 6 atom stereocenters. The average molecular weight is 680 g/mol. The van der Waals surface area contributed by atoms with E-state index in [1.54, 1.807) is 11.1 Å². The molecule has 2 saturated carbocycles. The van der Waals surface area contributed by atoms with Gasteiger partial charge in [0.15, 0.2) is 5.75 Å². The summed E-state index contributed by atoms with van der Waals surface area (Å²) in [5.74, 6) is -0.0372. The molecule has 2 N–H and O–H groups in total. The number of aromatic nitrogens is 1. The van der Waals surface area contributed by atoms with E-state index in [0.29, 0.717) is 31.2 Å². The first-order chi connectivity index (χ1) is 22.9. The van der Waals surface area contributed by atoms with Crippen LogP contribution in [0.5, 0.6) is 11.6 Å². The zero-order chi connectivity index (χ0) is 33.8. The SMILES string of the molecule is C[C@@H]1CC/C=C\C2C[C@@]2(C(=O)NS(=O)(=O)C2CC2)NC(=O)[C@@H]2C[C@@H](Oc3nccc4c5c(ccc34)N(C)CCO5)CN2C(=O)C[C@H](C)C1. The van der Waals surface area contributed by atoms with E-state index in [9.17, 15) is 22.8 Å². The third-order valence-corrected chi connectivity index (χ3v) is 12.4. The zero-order valence-corrected chi connectivity index (χ0v) is 28.6. The summed E-state index contributed by atoms with van der Waals surface area (Å²) < 4.78 is 40.2. The number of fused-ring (bicyclic) bond motifs is 5. The van der Waals surface area contributed by atoms with Gasteiger partial charge in [0.1, 0.15) is 24.3 Å². The van der Waals surface area contributed by atoms with E-state index in [4.69, 9.17) is 9.47 Å². The van der Waals surface area contributed by atoms with Crippen LogP contribution in [-0.2, 0) is 24.4 Å². The van der Waals surface area contributed by atoms with Gasteiger partial charge in [-0.1, -0.05) is 26.0 Å². The van der Waals surface area contributed by atoms with Crippen molar-refractivity contribution < 1.29 is 32.3 Å². The molecule has 3 aliphatic heterocycles. The van der Waals surface area contributed by atoms with Gasteiger partial charge in [0.25, 0.3) is 5.91 Å². The molecule has 258 valence electrons. The fourth-order valence-corrected chi connectivity index (χ4v) is 8.98. The number of pyridine rings is 1. The number of hydrogen-bond donors (Lipinski definition) is 2. The Morgan fingerprint density at radius 1 is 1.10 bits per heavy atom. The molecule has 12 nitrogen and oxygen atoms in total. The minimum Gasteiger partial charge on any atom is -0.489 e. The third kappa shape index (κ3) is 6.33. The normalized spacial score (nSPS) is 31.7. The van der Waals surface area contributed by atoms with Crippen LogP contribution in [0.2, 0.25) is 0 Å². The smallest absolute Gasteiger partial charge is 0.259 e. The van der Waals surface area contributed by atoms with E-state index in [2.05, 4.69) is 33.8 Å². The summed E-state index contributed by atoms with van der Waals surface area (Å²) in [4.78, 5) is 49.8. The largest absolute Gasteiger partial charge is 0.489 e. The first-order valence-electron chi connectivity index (χ1n) is 17.2. The summed E-state index contributed by atoms with van der Waals surface area (Å²) in [6.07, 6.45) is 9.48. The number of hydrogen-bond acceptors (Lipinski definition) is 9. The van der Waals surface area contributed by atoms with Crippen molar-refractivity contribution in [2.75, 3.05) is 31.6 Å². The van der Waals surface area contributed by atoms with Crippen molar-refractivity contribution in [1.29, 1.82) is 0 Å². The molecule has 2 aromatic rings. The summed E-state index contributed by atoms with van der Waals surface area (Å²) in [6, 6.07) is 4.94. The molecule has 1 aromatic heterocycles. The fraction of sp³-hybridized carbons (Fsp3) is 0.600. The van der Waals surface area contributed by atoms with Crippen LogP contribution >= 0.6 is 0 Å². The van der Waals surface area contributed by atoms with Gasteiger partial charge in [-0.2, -0.15) is 0 Å². The van der Waals surface area contributed by atoms with Gasteiger partial charge in [-0.3, -0.25) is 19.1 Å². The highest BCUT2D eigenvalue weighted by Gasteiger charge is 2.62. The van der Waals surface area contributed by atoms with Crippen molar-refractivity contribution >= 4 is 44.2 Å². The van der Waals surface area contributed by atoms with E-state index in [1.807, 2.05) is 37.4 Å². The third-order valence-electron chi connectivity index (χ3n) is 10.6. The number of rotatable bonds is 5. The lowest BCUT2D eigenvalue weighted by Crippen LogP contribution is -2.56. The number of nitrogens with one attached hydrogen (secondary N) is 2. The van der Waals surface area contributed by atoms with Gasteiger partial charge in [-0.25, -0.2) is 13.4 Å². The van der Waals surface area contributed by atoms with Crippen molar-refractivity contribution in [1.82, 2.24) is 19.9 Å². The first kappa shape index (κ1) is 32.7. The van der Waals surface area contributed by atoms with Crippen LogP contribution in [0.25, 0.3) is 10.8 Å². The lowest BCUT2D eigenvalue weighted by atomic mass is 9.91. The monoisotopic (exact) mass is 679 g/mol. The predicted molar refractivity (Wildman–Crippen MR) is 180 cm³/mol. The quantitative estimate of drug-likeness (QED) is 0.455. The van der Waals surface area contributed by atoms with Crippen LogP contribution in [0.1, 0.15) is 65.2 Å². The fourth-order valence-electron chi connectivity index (χ4n) is 7.62. The van der Waals surface area contributed by atoms with Crippen LogP contribution in [-0.4, -0.2) is 85.7 Å². The summed E-state index contributed by atoms with van der Waals surface area (Å²) in [6.45, 7) is 5.78. The van der Waals surface area contributed by atoms with Gasteiger partial charge in [-0.05, 0) is 68.6 Å². The molecule has 48 heavy (non-hydrogen) atoms. The number of carbonyl (C=O) groups is 3. The number of amides is 3. The van der Waals surface area contributed by atoms with E-state index in [0.717, 1.165) is 48.0 Å². The number of sulfonamides is 1. The Morgan fingerprint density at radius 2 is 1.92 bits per heavy atom. The van der Waals surface area contributed by atoms with Crippen molar-refractivity contribution in [3.63, 3.8) is 0 Å². The zero-order valence-electron chi connectivity index (χ0n) is 27.8. The predicted octanol–water partition coefficient (Wildman–Crippen LogP) is 3.30. The molecule has 2 aliphatic carbocycles. The van der Waals surface area contributed by atoms with Crippen molar-refractivity contribution in [3.8, 4) is 11.6 Å². The number of benzene rings is 1. The number of carbonyl (C=O) groups excluding carboxylic acids is 3. The number of likely N-dealkylation sites (N-methyl/N-ethyl adjacent to an activating group) is 1. The molecule has 1 saturated heterocycles. The molecule has 0 radical (unpaired) electrons. The minimum absolute atomic E-state index is 0.118. The molecule has 13 heteroatoms. The Hall–Kier alpha value is -3.87. The molecule has 1 aromatic carbocycles. The van der Waals surface area contributed by atoms with Gasteiger partial charge < -0.3 is 24.6 Å². The number of allylic oxidation sites excluding steroid dienone is 1. The molecule has 7 rings (SSSR count). The van der Waals surface area contributed by atoms with E-state index < -0.39 is 44.8 Å². The Morgan fingerprint density at radius 3 is 2.71 bits per heavy atom. The maximum atomic E-state index is 14.1. The molecular weight excluding hydrogens is 634 g/mol. The van der Waals surface area contributed by atoms with Crippen molar-refractivity contribution in [2.24, 2.45) is 17.8 Å². The molecule has 1 unspecified atom stereocenters. The lowest BCUT2D eigenvalue weighted by molar-refractivity contribution is -0.140. The topological polar surface area (TPSA) is 147 Å². The second-order valence-corrected chi connectivity index (χ2v) is 16.5. The molecule has 0 bridgehead atoms. The number of ether oxygens (including phenoxy) is 2. The Balaban J connectivity index is 1.16. The molecule has 4 heterocycles. The summed E-state index contributed by atoms with van der Waals surface area (Å²) in [5, 5.41) is 4.00. The van der Waals surface area contributed by atoms with Crippen LogP contribution in [0.3, 0.4) is 0 Å². The molecule has 5 aliphatic rings. The highest BCUT2D eigenvalue weighted by Crippen LogP contribution is 2.46. The van der Waals surface area contributed by atoms with Gasteiger partial charge >= 0.3 is 0 Å². The van der Waals surface area contributed by atoms with Crippen molar-refractivity contribution in [3.05, 3.63) is 36.5 Å². The van der Waals surface area contributed by atoms with Gasteiger partial charge in [-0.15, -0.1) is 0 Å². The minimum atomic E-state index is -3.82. The van der Waals surface area contributed by atoms with E-state index >= 15 is 0 Å². The summed E-state index contributed by atoms with van der Waals surface area (Å²) in [5.41, 5.74) is -0.411. The second-order valence-electron chi connectivity index (χ2n) is 14.5. The Labute approximate surface area is 281 Å². The van der Waals surface area contributed by atoms with Crippen LogP contribution in [0.4, 0.5) is 5.69 Å². The maximum absolute atomic E-state index is 14.1. The number of anilines is 1. The number of nitrogens with zero attached hydrogens (tertiary/aromatic N) is 3. The lowest BCUT2D eigenvalue weighted by Gasteiger charge is -2.28. The molecule has 3 fully saturated rings. The summed E-state index contributed by atoms with van der Waals surface area (Å²) >= 11 is 0. The van der Waals surface area contributed by atoms with E-state index in [-0.39, 0.29) is 43.6 Å². The highest BCUT2D eigenvalue weighted by molar-refractivity contribution is 7.91. The van der Waals surface area contributed by atoms with Crippen LogP contribution in [0, 0.1) is 17.8 Å². The molecular formula is C35H45N5O7S. The van der Waals surface area contributed by atoms with Crippen LogP contribution < -0.4 is 24.4 Å². The van der Waals surface area contributed by atoms with E-state index in [1.165, 1.54) is 0 Å². The van der Waals surface area contributed by atoms with Gasteiger partial charge in [0, 0.05) is 42.8 Å². The molecule has 3 amide bonds. The van der Waals surface area contributed by atoms with Crippen LogP contribution in [0.15, 0.2) is 36.5 Å². The molecule has 0 spiro atoms. The Kier molecular flexibility index (Phi) is 8.53. The summed E-state index contributed by atoms with van der Waals surface area (Å²) in [7, 11) is -1.80. The maximum Gasteiger partial charge on any atom is 0.259 e. The second kappa shape index (κ2) is 12.5. The standard InChI is InChI=1S/C35H45N5O7S/c1-21-6-4-5-7-23-19-35(23,34(43)38-48(44,45)25-8-9-25)37-32(42)29-18-24(20-40(29)30(41)17-22(2)16-21)47-33-27-10-11-28-31(26(27)12-13-36-33)46-15-14-39(28)3/h5,7,10-13,21-25,29H,4,6,8-9,14-20H2,1-3H3,(H,37,42)(H,38,43)/b7-5-/t21-,22-,23?,24-,29+,35-/m1/s1. The van der Waals surface area contributed by atoms with Gasteiger partial charge in [0.2, 0.25) is 27.7 Å². The van der Waals surface area contributed by atoms with Crippen molar-refractivity contribution in [2.45, 2.75) is 88.1 Å². The Bertz CT molecular complexity index is 1760.